The lowest BCUT2D eigenvalue weighted by Crippen LogP contribution is -2.43. The van der Waals surface area contributed by atoms with Gasteiger partial charge in [0.1, 0.15) is 17.3 Å². The summed E-state index contributed by atoms with van der Waals surface area (Å²) in [5.41, 5.74) is 9.27. The van der Waals surface area contributed by atoms with Crippen LogP contribution in [0.25, 0.3) is 23.2 Å². The molecule has 0 amide bonds. The van der Waals surface area contributed by atoms with Crippen LogP contribution in [-0.2, 0) is 0 Å². The second kappa shape index (κ2) is 8.16. The zero-order chi connectivity index (χ0) is 18.5. The molecule has 0 aliphatic carbocycles. The van der Waals surface area contributed by atoms with E-state index in [1.165, 1.54) is 0 Å². The molecule has 1 fully saturated rings. The molecule has 2 aromatic heterocycles. The highest BCUT2D eigenvalue weighted by molar-refractivity contribution is 5.70. The Labute approximate surface area is 159 Å². The van der Waals surface area contributed by atoms with Crippen molar-refractivity contribution in [1.82, 2.24) is 24.8 Å². The van der Waals surface area contributed by atoms with Crippen LogP contribution in [0.4, 0.5) is 5.82 Å². The molecule has 0 radical (unpaired) electrons. The third-order valence-electron chi connectivity index (χ3n) is 4.74. The summed E-state index contributed by atoms with van der Waals surface area (Å²) >= 11 is 0. The summed E-state index contributed by atoms with van der Waals surface area (Å²) in [4.78, 5) is 11.4. The van der Waals surface area contributed by atoms with E-state index in [4.69, 9.17) is 10.7 Å². The van der Waals surface area contributed by atoms with Crippen LogP contribution in [0.5, 0.6) is 0 Å². The minimum Gasteiger partial charge on any atom is -0.383 e. The fraction of sp³-hybridized carbons (Fsp3) is 0.238. The molecule has 6 heteroatoms. The molecule has 0 atom stereocenters. The average Bonchev–Trinajstić information content (AvgIpc) is 3.06. The fourth-order valence-electron chi connectivity index (χ4n) is 3.32. The van der Waals surface area contributed by atoms with Gasteiger partial charge < -0.3 is 11.1 Å². The van der Waals surface area contributed by atoms with Gasteiger partial charge in [0.05, 0.1) is 5.69 Å². The molecule has 6 nitrogen and oxygen atoms in total. The normalized spacial score (nSPS) is 15.4. The lowest BCUT2D eigenvalue weighted by atomic mass is 10.2. The van der Waals surface area contributed by atoms with E-state index in [1.807, 2.05) is 53.1 Å². The van der Waals surface area contributed by atoms with Gasteiger partial charge in [-0.15, -0.1) is 0 Å². The van der Waals surface area contributed by atoms with Crippen LogP contribution in [0.2, 0.25) is 0 Å². The molecule has 1 aromatic carbocycles. The Morgan fingerprint density at radius 2 is 1.78 bits per heavy atom. The largest absolute Gasteiger partial charge is 0.383 e. The molecule has 3 heterocycles. The highest BCUT2D eigenvalue weighted by Gasteiger charge is 2.16. The monoisotopic (exact) mass is 360 g/mol. The predicted octanol–water partition coefficient (Wildman–Crippen LogP) is 2.43. The molecule has 3 N–H and O–H groups in total. The number of imidazole rings is 1. The third kappa shape index (κ3) is 3.92. The van der Waals surface area contributed by atoms with Crippen molar-refractivity contribution < 1.29 is 0 Å². The number of nitrogens with one attached hydrogen (secondary N) is 1. The summed E-state index contributed by atoms with van der Waals surface area (Å²) < 4.78 is 1.99. The first-order valence-corrected chi connectivity index (χ1v) is 9.26. The van der Waals surface area contributed by atoms with Gasteiger partial charge in [-0.05, 0) is 18.2 Å². The first-order valence-electron chi connectivity index (χ1n) is 9.26. The van der Waals surface area contributed by atoms with Gasteiger partial charge in [-0.2, -0.15) is 0 Å². The van der Waals surface area contributed by atoms with E-state index in [0.717, 1.165) is 55.5 Å². The minimum absolute atomic E-state index is 0.636. The van der Waals surface area contributed by atoms with Crippen molar-refractivity contribution >= 4 is 11.9 Å². The molecule has 4 rings (SSSR count). The lowest BCUT2D eigenvalue weighted by Gasteiger charge is -2.25. The summed E-state index contributed by atoms with van der Waals surface area (Å²) in [6, 6.07) is 14.0. The first kappa shape index (κ1) is 17.5. The van der Waals surface area contributed by atoms with Gasteiger partial charge in [0.15, 0.2) is 0 Å². The summed E-state index contributed by atoms with van der Waals surface area (Å²) in [7, 11) is 0. The summed E-state index contributed by atoms with van der Waals surface area (Å²) in [6.45, 7) is 5.14. The van der Waals surface area contributed by atoms with Gasteiger partial charge in [-0.3, -0.25) is 14.5 Å². The van der Waals surface area contributed by atoms with Crippen molar-refractivity contribution in [3.8, 4) is 17.1 Å². The van der Waals surface area contributed by atoms with Crippen molar-refractivity contribution in [3.05, 3.63) is 66.6 Å². The number of nitrogens with two attached hydrogens (primary N) is 1. The number of rotatable bonds is 5. The van der Waals surface area contributed by atoms with Crippen LogP contribution in [0, 0.1) is 0 Å². The summed E-state index contributed by atoms with van der Waals surface area (Å²) in [5.74, 6) is 1.47. The number of hydrogen-bond acceptors (Lipinski definition) is 5. The molecule has 1 aliphatic heterocycles. The maximum absolute atomic E-state index is 6.50. The Morgan fingerprint density at radius 3 is 2.52 bits per heavy atom. The van der Waals surface area contributed by atoms with Crippen molar-refractivity contribution in [1.29, 1.82) is 0 Å². The third-order valence-corrected chi connectivity index (χ3v) is 4.74. The fourth-order valence-corrected chi connectivity index (χ4v) is 3.32. The predicted molar refractivity (Wildman–Crippen MR) is 110 cm³/mol. The number of aromatic nitrogens is 3. The quantitative estimate of drug-likeness (QED) is 0.731. The number of pyridine rings is 1. The molecule has 138 valence electrons. The van der Waals surface area contributed by atoms with Crippen molar-refractivity contribution in [3.63, 3.8) is 0 Å². The molecule has 0 saturated carbocycles. The summed E-state index contributed by atoms with van der Waals surface area (Å²) in [6.07, 6.45) is 7.71. The smallest absolute Gasteiger partial charge is 0.146 e. The number of nitrogens with zero attached hydrogens (tertiary/aromatic N) is 4. The van der Waals surface area contributed by atoms with Crippen LogP contribution in [0.3, 0.4) is 0 Å². The van der Waals surface area contributed by atoms with Crippen LogP contribution < -0.4 is 11.1 Å². The van der Waals surface area contributed by atoms with Gasteiger partial charge in [0.2, 0.25) is 0 Å². The Kier molecular flexibility index (Phi) is 5.27. The van der Waals surface area contributed by atoms with E-state index in [2.05, 4.69) is 21.3 Å². The molecular weight excluding hydrogens is 336 g/mol. The Morgan fingerprint density at radius 1 is 1.04 bits per heavy atom. The van der Waals surface area contributed by atoms with Gasteiger partial charge in [0, 0.05) is 50.7 Å². The maximum Gasteiger partial charge on any atom is 0.146 e. The van der Waals surface area contributed by atoms with Gasteiger partial charge in [0.25, 0.3) is 0 Å². The standard InChI is InChI=1S/C21H24N6/c22-20-19(7-4-14-26-15-12-24-13-16-26)25-21(17-5-2-1-3-6-17)27(20)18-8-10-23-11-9-18/h1-11,24H,12-16,22H2/b7-4-. The van der Waals surface area contributed by atoms with E-state index in [9.17, 15) is 0 Å². The number of piperazine rings is 1. The van der Waals surface area contributed by atoms with Crippen molar-refractivity contribution in [2.75, 3.05) is 38.5 Å². The highest BCUT2D eigenvalue weighted by atomic mass is 15.2. The molecular formula is C21H24N6. The number of anilines is 1. The molecule has 0 bridgehead atoms. The molecule has 0 spiro atoms. The lowest BCUT2D eigenvalue weighted by molar-refractivity contribution is 0.265. The number of benzene rings is 1. The highest BCUT2D eigenvalue weighted by Crippen LogP contribution is 2.28. The zero-order valence-corrected chi connectivity index (χ0v) is 15.3. The SMILES string of the molecule is Nc1c(/C=C\CN2CCNCC2)nc(-c2ccccc2)n1-c1ccncc1. The Bertz CT molecular complexity index is 895. The number of hydrogen-bond donors (Lipinski definition) is 2. The van der Waals surface area contributed by atoms with Gasteiger partial charge in [-0.1, -0.05) is 36.4 Å². The summed E-state index contributed by atoms with van der Waals surface area (Å²) in [5, 5.41) is 3.37. The van der Waals surface area contributed by atoms with Crippen LogP contribution in [-0.4, -0.2) is 52.2 Å². The Balaban J connectivity index is 1.67. The van der Waals surface area contributed by atoms with Crippen molar-refractivity contribution in [2.24, 2.45) is 0 Å². The minimum atomic E-state index is 0.636. The van der Waals surface area contributed by atoms with Gasteiger partial charge >= 0.3 is 0 Å². The van der Waals surface area contributed by atoms with E-state index in [0.29, 0.717) is 5.82 Å². The molecule has 3 aromatic rings. The van der Waals surface area contributed by atoms with Crippen LogP contribution in [0.15, 0.2) is 60.9 Å². The zero-order valence-electron chi connectivity index (χ0n) is 15.3. The van der Waals surface area contributed by atoms with E-state index in [1.54, 1.807) is 12.4 Å². The van der Waals surface area contributed by atoms with Crippen LogP contribution in [0.1, 0.15) is 5.69 Å². The van der Waals surface area contributed by atoms with E-state index >= 15 is 0 Å². The average molecular weight is 360 g/mol. The molecule has 1 aliphatic rings. The maximum atomic E-state index is 6.50. The topological polar surface area (TPSA) is 72.0 Å². The molecule has 1 saturated heterocycles. The Hall–Kier alpha value is -2.96. The van der Waals surface area contributed by atoms with E-state index < -0.39 is 0 Å². The molecule has 0 unspecified atom stereocenters. The molecule has 27 heavy (non-hydrogen) atoms. The second-order valence-electron chi connectivity index (χ2n) is 6.57. The van der Waals surface area contributed by atoms with Crippen LogP contribution >= 0.6 is 0 Å². The van der Waals surface area contributed by atoms with Gasteiger partial charge in [-0.25, -0.2) is 4.98 Å². The number of nitrogen functional groups attached to an aromatic ring is 1. The first-order chi connectivity index (χ1) is 13.3. The van der Waals surface area contributed by atoms with Crippen molar-refractivity contribution in [2.45, 2.75) is 0 Å². The second-order valence-corrected chi connectivity index (χ2v) is 6.57. The van der Waals surface area contributed by atoms with E-state index in [-0.39, 0.29) is 0 Å².